The molecule has 0 aliphatic rings. The van der Waals surface area contributed by atoms with Gasteiger partial charge in [0.25, 0.3) is 5.91 Å². The smallest absolute Gasteiger partial charge is 0.261 e. The number of aryl methyl sites for hydroxylation is 1. The monoisotopic (exact) mass is 518 g/mol. The third kappa shape index (κ3) is 6.89. The fourth-order valence-corrected chi connectivity index (χ4v) is 4.07. The molecule has 178 valence electrons. The molecule has 0 heterocycles. The Morgan fingerprint density at radius 1 is 0.971 bits per heavy atom. The Bertz CT molecular complexity index is 1160. The molecule has 8 heteroatoms. The van der Waals surface area contributed by atoms with Crippen LogP contribution in [0.4, 0.5) is 0 Å². The number of nitrogens with one attached hydrogen (secondary N) is 1. The molecule has 0 unspecified atom stereocenters. The number of amides is 2. The topological polar surface area (TPSA) is 58.6 Å². The van der Waals surface area contributed by atoms with E-state index in [1.165, 1.54) is 4.90 Å². The fraction of sp³-hybridized carbons (Fsp3) is 0.231. The van der Waals surface area contributed by atoms with E-state index >= 15 is 0 Å². The van der Waals surface area contributed by atoms with Gasteiger partial charge in [-0.2, -0.15) is 0 Å². The lowest BCUT2D eigenvalue weighted by atomic mass is 10.0. The zero-order chi connectivity index (χ0) is 24.7. The minimum Gasteiger partial charge on any atom is -0.484 e. The number of hydrogen-bond acceptors (Lipinski definition) is 3. The summed E-state index contributed by atoms with van der Waals surface area (Å²) in [6.07, 6.45) is 0.331. The van der Waals surface area contributed by atoms with Crippen molar-refractivity contribution in [2.45, 2.75) is 25.9 Å². The van der Waals surface area contributed by atoms with Gasteiger partial charge >= 0.3 is 0 Å². The molecule has 5 nitrogen and oxygen atoms in total. The Morgan fingerprint density at radius 2 is 1.71 bits per heavy atom. The number of rotatable bonds is 9. The van der Waals surface area contributed by atoms with Gasteiger partial charge in [-0.15, -0.1) is 0 Å². The molecule has 0 spiro atoms. The molecule has 0 saturated carbocycles. The normalized spacial score (nSPS) is 11.6. The highest BCUT2D eigenvalue weighted by Crippen LogP contribution is 2.25. The molecular formula is C26H25Cl3N2O3. The van der Waals surface area contributed by atoms with Crippen LogP contribution in [0.5, 0.6) is 5.75 Å². The van der Waals surface area contributed by atoms with Crippen molar-refractivity contribution < 1.29 is 14.3 Å². The van der Waals surface area contributed by atoms with Crippen LogP contribution in [0.25, 0.3) is 0 Å². The van der Waals surface area contributed by atoms with Gasteiger partial charge in [-0.05, 0) is 53.9 Å². The lowest BCUT2D eigenvalue weighted by molar-refractivity contribution is -0.142. The second-order valence-corrected chi connectivity index (χ2v) is 9.03. The molecule has 0 aromatic heterocycles. The van der Waals surface area contributed by atoms with Crippen LogP contribution in [-0.4, -0.2) is 36.4 Å². The molecule has 3 aromatic rings. The average molecular weight is 520 g/mol. The first kappa shape index (κ1) is 25.9. The van der Waals surface area contributed by atoms with Crippen molar-refractivity contribution in [3.8, 4) is 5.75 Å². The number of carbonyl (C=O) groups excluding carboxylic acids is 2. The van der Waals surface area contributed by atoms with Crippen molar-refractivity contribution in [2.75, 3.05) is 13.7 Å². The molecule has 34 heavy (non-hydrogen) atoms. The standard InChI is InChI=1S/C26H25Cl3N2O3/c1-17-12-21(10-11-22(17)28)34-16-25(32)31(15-19-8-9-20(27)14-23(19)29)24(26(33)30-2)13-18-6-4-3-5-7-18/h3-12,14,24H,13,15-16H2,1-2H3,(H,30,33)/t24-/m1/s1. The lowest BCUT2D eigenvalue weighted by Gasteiger charge is -2.31. The maximum absolute atomic E-state index is 13.4. The molecule has 0 aliphatic heterocycles. The SMILES string of the molecule is CNC(=O)[C@@H](Cc1ccccc1)N(Cc1ccc(Cl)cc1Cl)C(=O)COc1ccc(Cl)c(C)c1. The van der Waals surface area contributed by atoms with Crippen molar-refractivity contribution in [1.82, 2.24) is 10.2 Å². The van der Waals surface area contributed by atoms with Gasteiger partial charge < -0.3 is 15.0 Å². The maximum Gasteiger partial charge on any atom is 0.261 e. The highest BCUT2D eigenvalue weighted by Gasteiger charge is 2.30. The Hall–Kier alpha value is -2.73. The summed E-state index contributed by atoms with van der Waals surface area (Å²) in [5.74, 6) is -0.132. The van der Waals surface area contributed by atoms with E-state index in [1.54, 1.807) is 43.4 Å². The van der Waals surface area contributed by atoms with Crippen molar-refractivity contribution in [3.63, 3.8) is 0 Å². The molecule has 0 fully saturated rings. The molecule has 2 amide bonds. The zero-order valence-electron chi connectivity index (χ0n) is 18.9. The number of benzene rings is 3. The van der Waals surface area contributed by atoms with E-state index in [2.05, 4.69) is 5.32 Å². The molecule has 3 aromatic carbocycles. The lowest BCUT2D eigenvalue weighted by Crippen LogP contribution is -2.51. The van der Waals surface area contributed by atoms with E-state index in [-0.39, 0.29) is 25.0 Å². The Kier molecular flexibility index (Phi) is 9.22. The van der Waals surface area contributed by atoms with Crippen LogP contribution in [0.1, 0.15) is 16.7 Å². The summed E-state index contributed by atoms with van der Waals surface area (Å²) < 4.78 is 5.75. The predicted molar refractivity (Wildman–Crippen MR) is 137 cm³/mol. The Morgan fingerprint density at radius 3 is 2.35 bits per heavy atom. The van der Waals surface area contributed by atoms with Crippen LogP contribution in [-0.2, 0) is 22.6 Å². The number of ether oxygens (including phenoxy) is 1. The molecule has 1 N–H and O–H groups in total. The third-order valence-corrected chi connectivity index (χ3v) is 6.38. The molecule has 0 aliphatic carbocycles. The zero-order valence-corrected chi connectivity index (χ0v) is 21.1. The van der Waals surface area contributed by atoms with E-state index in [4.69, 9.17) is 39.5 Å². The first-order valence-corrected chi connectivity index (χ1v) is 11.8. The number of likely N-dealkylation sites (N-methyl/N-ethyl adjacent to an activating group) is 1. The van der Waals surface area contributed by atoms with E-state index < -0.39 is 6.04 Å². The first-order chi connectivity index (χ1) is 16.3. The largest absolute Gasteiger partial charge is 0.484 e. The van der Waals surface area contributed by atoms with Crippen LogP contribution in [0.2, 0.25) is 15.1 Å². The summed E-state index contributed by atoms with van der Waals surface area (Å²) >= 11 is 18.5. The van der Waals surface area contributed by atoms with E-state index in [1.807, 2.05) is 37.3 Å². The quantitative estimate of drug-likeness (QED) is 0.393. The predicted octanol–water partition coefficient (Wildman–Crippen LogP) is 5.72. The summed E-state index contributed by atoms with van der Waals surface area (Å²) in [6.45, 7) is 1.71. The first-order valence-electron chi connectivity index (χ1n) is 10.7. The van der Waals surface area contributed by atoms with Crippen LogP contribution < -0.4 is 10.1 Å². The molecule has 0 bridgehead atoms. The van der Waals surface area contributed by atoms with Gasteiger partial charge in [0, 0.05) is 35.1 Å². The van der Waals surface area contributed by atoms with Gasteiger partial charge in [0.05, 0.1) is 0 Å². The molecule has 0 saturated heterocycles. The van der Waals surface area contributed by atoms with Crippen LogP contribution in [0.15, 0.2) is 66.7 Å². The maximum atomic E-state index is 13.4. The second-order valence-electron chi connectivity index (χ2n) is 7.78. The van der Waals surface area contributed by atoms with Crippen LogP contribution >= 0.6 is 34.8 Å². The van der Waals surface area contributed by atoms with E-state index in [0.29, 0.717) is 32.8 Å². The van der Waals surface area contributed by atoms with Crippen LogP contribution in [0, 0.1) is 6.92 Å². The van der Waals surface area contributed by atoms with Gasteiger partial charge in [0.15, 0.2) is 6.61 Å². The molecule has 0 radical (unpaired) electrons. The summed E-state index contributed by atoms with van der Waals surface area (Å²) in [6, 6.07) is 19.0. The van der Waals surface area contributed by atoms with Crippen molar-refractivity contribution in [1.29, 1.82) is 0 Å². The van der Waals surface area contributed by atoms with Crippen LogP contribution in [0.3, 0.4) is 0 Å². The summed E-state index contributed by atoms with van der Waals surface area (Å²) in [5.41, 5.74) is 2.43. The molecule has 3 rings (SSSR count). The Balaban J connectivity index is 1.90. The molecule has 1 atom stereocenters. The van der Waals surface area contributed by atoms with Crippen molar-refractivity contribution in [2.24, 2.45) is 0 Å². The minimum atomic E-state index is -0.776. The second kappa shape index (κ2) is 12.1. The highest BCUT2D eigenvalue weighted by atomic mass is 35.5. The fourth-order valence-electron chi connectivity index (χ4n) is 3.49. The number of halogens is 3. The number of carbonyl (C=O) groups is 2. The Labute approximate surface area is 214 Å². The summed E-state index contributed by atoms with van der Waals surface area (Å²) in [7, 11) is 1.55. The van der Waals surface area contributed by atoms with Crippen molar-refractivity contribution in [3.05, 3.63) is 98.5 Å². The number of nitrogens with zero attached hydrogens (tertiary/aromatic N) is 1. The minimum absolute atomic E-state index is 0.114. The third-order valence-electron chi connectivity index (χ3n) is 5.37. The summed E-state index contributed by atoms with van der Waals surface area (Å²) in [4.78, 5) is 27.9. The molecular weight excluding hydrogens is 495 g/mol. The summed E-state index contributed by atoms with van der Waals surface area (Å²) in [5, 5.41) is 4.18. The van der Waals surface area contributed by atoms with Gasteiger partial charge in [-0.25, -0.2) is 0 Å². The van der Waals surface area contributed by atoms with Gasteiger partial charge in [-0.1, -0.05) is 71.2 Å². The number of hydrogen-bond donors (Lipinski definition) is 1. The average Bonchev–Trinajstić information content (AvgIpc) is 2.83. The van der Waals surface area contributed by atoms with E-state index in [9.17, 15) is 9.59 Å². The van der Waals surface area contributed by atoms with Gasteiger partial charge in [0.1, 0.15) is 11.8 Å². The van der Waals surface area contributed by atoms with Gasteiger partial charge in [-0.3, -0.25) is 9.59 Å². The van der Waals surface area contributed by atoms with Crippen molar-refractivity contribution >= 4 is 46.6 Å². The van der Waals surface area contributed by atoms with Gasteiger partial charge in [0.2, 0.25) is 5.91 Å². The highest BCUT2D eigenvalue weighted by molar-refractivity contribution is 6.35. The van der Waals surface area contributed by atoms with E-state index in [0.717, 1.165) is 11.1 Å².